The standard InChI is InChI=1S/C15H24N2O2/c1-3-17(4-2)12-8-11-16-14(15(18)19)13-9-6-5-7-10-13/h5-7,9-10,14,16H,3-4,8,11-12H2,1-2H3,(H,18,19). The van der Waals surface area contributed by atoms with Gasteiger partial charge in [-0.2, -0.15) is 0 Å². The lowest BCUT2D eigenvalue weighted by Gasteiger charge is -2.19. The largest absolute Gasteiger partial charge is 0.480 e. The first-order valence-electron chi connectivity index (χ1n) is 6.92. The van der Waals surface area contributed by atoms with Crippen LogP contribution in [0.2, 0.25) is 0 Å². The molecule has 0 spiro atoms. The van der Waals surface area contributed by atoms with Crippen LogP contribution in [0.3, 0.4) is 0 Å². The van der Waals surface area contributed by atoms with E-state index in [1.165, 1.54) is 0 Å². The maximum absolute atomic E-state index is 11.3. The van der Waals surface area contributed by atoms with E-state index < -0.39 is 12.0 Å². The molecule has 0 saturated carbocycles. The summed E-state index contributed by atoms with van der Waals surface area (Å²) >= 11 is 0. The van der Waals surface area contributed by atoms with Gasteiger partial charge in [0.15, 0.2) is 0 Å². The van der Waals surface area contributed by atoms with Crippen LogP contribution in [-0.2, 0) is 4.79 Å². The van der Waals surface area contributed by atoms with E-state index in [0.717, 1.165) is 31.6 Å². The zero-order chi connectivity index (χ0) is 14.1. The minimum absolute atomic E-state index is 0.613. The average molecular weight is 264 g/mol. The van der Waals surface area contributed by atoms with Crippen LogP contribution in [0.15, 0.2) is 30.3 Å². The molecule has 0 saturated heterocycles. The number of aliphatic carboxylic acids is 1. The number of carboxylic acid groups (broad SMARTS) is 1. The van der Waals surface area contributed by atoms with Crippen molar-refractivity contribution in [2.75, 3.05) is 26.2 Å². The van der Waals surface area contributed by atoms with Crippen molar-refractivity contribution in [2.24, 2.45) is 0 Å². The Morgan fingerprint density at radius 1 is 1.26 bits per heavy atom. The highest BCUT2D eigenvalue weighted by atomic mass is 16.4. The van der Waals surface area contributed by atoms with Crippen molar-refractivity contribution in [1.82, 2.24) is 10.2 Å². The Balaban J connectivity index is 2.42. The van der Waals surface area contributed by atoms with Gasteiger partial charge in [0.2, 0.25) is 0 Å². The smallest absolute Gasteiger partial charge is 0.325 e. The first kappa shape index (κ1) is 15.7. The number of hydrogen-bond donors (Lipinski definition) is 2. The van der Waals surface area contributed by atoms with E-state index in [1.54, 1.807) is 0 Å². The maximum atomic E-state index is 11.3. The highest BCUT2D eigenvalue weighted by molar-refractivity contribution is 5.75. The molecule has 2 N–H and O–H groups in total. The maximum Gasteiger partial charge on any atom is 0.325 e. The van der Waals surface area contributed by atoms with Crippen molar-refractivity contribution >= 4 is 5.97 Å². The van der Waals surface area contributed by atoms with E-state index in [1.807, 2.05) is 30.3 Å². The van der Waals surface area contributed by atoms with E-state index in [-0.39, 0.29) is 0 Å². The molecule has 4 nitrogen and oxygen atoms in total. The lowest BCUT2D eigenvalue weighted by atomic mass is 10.1. The van der Waals surface area contributed by atoms with Crippen molar-refractivity contribution < 1.29 is 9.90 Å². The third-order valence-corrected chi connectivity index (χ3v) is 3.27. The SMILES string of the molecule is CCN(CC)CCCNC(C(=O)O)c1ccccc1. The van der Waals surface area contributed by atoms with Crippen LogP contribution in [0.1, 0.15) is 31.9 Å². The van der Waals surface area contributed by atoms with Gasteiger partial charge in [-0.1, -0.05) is 44.2 Å². The Morgan fingerprint density at radius 3 is 2.42 bits per heavy atom. The lowest BCUT2D eigenvalue weighted by molar-refractivity contribution is -0.139. The summed E-state index contributed by atoms with van der Waals surface area (Å²) in [6.45, 7) is 8.07. The number of carbonyl (C=O) groups is 1. The van der Waals surface area contributed by atoms with E-state index >= 15 is 0 Å². The van der Waals surface area contributed by atoms with Gasteiger partial charge >= 0.3 is 5.97 Å². The van der Waals surface area contributed by atoms with Gasteiger partial charge in [0, 0.05) is 0 Å². The van der Waals surface area contributed by atoms with Gasteiger partial charge in [-0.25, -0.2) is 0 Å². The molecule has 1 aromatic rings. The Hall–Kier alpha value is -1.39. The molecular formula is C15H24N2O2. The van der Waals surface area contributed by atoms with Crippen molar-refractivity contribution in [1.29, 1.82) is 0 Å². The second-order valence-electron chi connectivity index (χ2n) is 4.52. The molecule has 0 fully saturated rings. The van der Waals surface area contributed by atoms with E-state index in [9.17, 15) is 9.90 Å². The monoisotopic (exact) mass is 264 g/mol. The van der Waals surface area contributed by atoms with Gasteiger partial charge in [-0.05, 0) is 38.2 Å². The van der Waals surface area contributed by atoms with E-state index in [0.29, 0.717) is 6.54 Å². The van der Waals surface area contributed by atoms with Gasteiger partial charge in [0.1, 0.15) is 6.04 Å². The Labute approximate surface area is 115 Å². The second-order valence-corrected chi connectivity index (χ2v) is 4.52. The van der Waals surface area contributed by atoms with Crippen LogP contribution in [-0.4, -0.2) is 42.2 Å². The fraction of sp³-hybridized carbons (Fsp3) is 0.533. The number of hydrogen-bond acceptors (Lipinski definition) is 3. The molecule has 0 radical (unpaired) electrons. The molecule has 0 heterocycles. The van der Waals surface area contributed by atoms with E-state index in [2.05, 4.69) is 24.1 Å². The number of carboxylic acids is 1. The molecule has 0 aromatic heterocycles. The highest BCUT2D eigenvalue weighted by Gasteiger charge is 2.18. The van der Waals surface area contributed by atoms with Crippen molar-refractivity contribution in [3.63, 3.8) is 0 Å². The van der Waals surface area contributed by atoms with Crippen molar-refractivity contribution in [3.8, 4) is 0 Å². The summed E-state index contributed by atoms with van der Waals surface area (Å²) in [5, 5.41) is 12.4. The van der Waals surface area contributed by atoms with Crippen LogP contribution in [0.25, 0.3) is 0 Å². The molecule has 0 aliphatic rings. The second kappa shape index (κ2) is 8.67. The van der Waals surface area contributed by atoms with Gasteiger partial charge in [0.05, 0.1) is 0 Å². The molecule has 0 aliphatic carbocycles. The van der Waals surface area contributed by atoms with Crippen LogP contribution in [0.4, 0.5) is 0 Å². The molecular weight excluding hydrogens is 240 g/mol. The molecule has 1 aromatic carbocycles. The number of rotatable bonds is 9. The van der Waals surface area contributed by atoms with Gasteiger partial charge in [-0.3, -0.25) is 4.79 Å². The third-order valence-electron chi connectivity index (χ3n) is 3.27. The predicted molar refractivity (Wildman–Crippen MR) is 77.2 cm³/mol. The average Bonchev–Trinajstić information content (AvgIpc) is 2.43. The normalized spacial score (nSPS) is 12.6. The zero-order valence-corrected chi connectivity index (χ0v) is 11.8. The van der Waals surface area contributed by atoms with Crippen molar-refractivity contribution in [2.45, 2.75) is 26.3 Å². The summed E-state index contributed by atoms with van der Waals surface area (Å²) in [6, 6.07) is 8.69. The highest BCUT2D eigenvalue weighted by Crippen LogP contribution is 2.12. The van der Waals surface area contributed by atoms with Gasteiger partial charge in [-0.15, -0.1) is 0 Å². The molecule has 0 bridgehead atoms. The Kier molecular flexibility index (Phi) is 7.15. The van der Waals surface area contributed by atoms with Gasteiger partial charge in [0.25, 0.3) is 0 Å². The van der Waals surface area contributed by atoms with Gasteiger partial charge < -0.3 is 15.3 Å². The van der Waals surface area contributed by atoms with Crippen molar-refractivity contribution in [3.05, 3.63) is 35.9 Å². The first-order chi connectivity index (χ1) is 9.19. The lowest BCUT2D eigenvalue weighted by Crippen LogP contribution is -2.32. The Morgan fingerprint density at radius 2 is 1.89 bits per heavy atom. The summed E-state index contributed by atoms with van der Waals surface area (Å²) in [4.78, 5) is 13.6. The molecule has 4 heteroatoms. The topological polar surface area (TPSA) is 52.6 Å². The van der Waals surface area contributed by atoms with Crippen LogP contribution in [0, 0.1) is 0 Å². The summed E-state index contributed by atoms with van der Waals surface area (Å²) < 4.78 is 0. The molecule has 1 rings (SSSR count). The molecule has 19 heavy (non-hydrogen) atoms. The quantitative estimate of drug-likeness (QED) is 0.671. The summed E-state index contributed by atoms with van der Waals surface area (Å²) in [5.41, 5.74) is 0.804. The minimum atomic E-state index is -0.825. The molecule has 0 amide bonds. The van der Waals surface area contributed by atoms with Crippen LogP contribution >= 0.6 is 0 Å². The summed E-state index contributed by atoms with van der Waals surface area (Å²) in [7, 11) is 0. The minimum Gasteiger partial charge on any atom is -0.480 e. The van der Waals surface area contributed by atoms with E-state index in [4.69, 9.17) is 0 Å². The number of nitrogens with one attached hydrogen (secondary N) is 1. The molecule has 1 unspecified atom stereocenters. The van der Waals surface area contributed by atoms with Crippen LogP contribution < -0.4 is 5.32 Å². The Bertz CT molecular complexity index is 364. The van der Waals surface area contributed by atoms with Crippen LogP contribution in [0.5, 0.6) is 0 Å². The zero-order valence-electron chi connectivity index (χ0n) is 11.8. The molecule has 0 aliphatic heterocycles. The fourth-order valence-electron chi connectivity index (χ4n) is 2.08. The summed E-state index contributed by atoms with van der Waals surface area (Å²) in [6.07, 6.45) is 0.957. The predicted octanol–water partition coefficient (Wildman–Crippen LogP) is 2.13. The first-order valence-corrected chi connectivity index (χ1v) is 6.92. The fourth-order valence-corrected chi connectivity index (χ4v) is 2.08. The number of benzene rings is 1. The number of nitrogens with zero attached hydrogens (tertiary/aromatic N) is 1. The third kappa shape index (κ3) is 5.41. The molecule has 106 valence electrons. The molecule has 1 atom stereocenters. The summed E-state index contributed by atoms with van der Waals surface area (Å²) in [5.74, 6) is -0.825.